The summed E-state index contributed by atoms with van der Waals surface area (Å²) in [6.45, 7) is 8.57. The fourth-order valence-electron chi connectivity index (χ4n) is 3.55. The van der Waals surface area contributed by atoms with E-state index in [2.05, 4.69) is 36.5 Å². The Morgan fingerprint density at radius 3 is 2.50 bits per heavy atom. The van der Waals surface area contributed by atoms with Crippen LogP contribution in [0, 0.1) is 6.92 Å². The number of halogens is 1. The Balaban J connectivity index is 1.39. The van der Waals surface area contributed by atoms with E-state index in [1.807, 2.05) is 24.3 Å². The standard InChI is InChI=1S/C21H26ClN3O/c1-17-5-4-6-18(13-17)15-24-9-11-25(12-10-24)16-21(26)23-14-19-7-2-3-8-20(19)22/h2-8,13H,9-12,14-16H2,1H3,(H,23,26)/p+2. The van der Waals surface area contributed by atoms with Crippen molar-refractivity contribution in [3.63, 3.8) is 0 Å². The van der Waals surface area contributed by atoms with Crippen molar-refractivity contribution in [2.75, 3.05) is 32.7 Å². The lowest BCUT2D eigenvalue weighted by atomic mass is 10.1. The van der Waals surface area contributed by atoms with Gasteiger partial charge in [-0.3, -0.25) is 4.79 Å². The largest absolute Gasteiger partial charge is 0.347 e. The van der Waals surface area contributed by atoms with Gasteiger partial charge >= 0.3 is 0 Å². The first-order valence-corrected chi connectivity index (χ1v) is 9.71. The molecule has 26 heavy (non-hydrogen) atoms. The van der Waals surface area contributed by atoms with Crippen LogP contribution in [0.25, 0.3) is 0 Å². The Morgan fingerprint density at radius 2 is 1.77 bits per heavy atom. The average molecular weight is 374 g/mol. The molecule has 0 radical (unpaired) electrons. The Hall–Kier alpha value is -1.88. The lowest BCUT2D eigenvalue weighted by molar-refractivity contribution is -1.02. The zero-order valence-corrected chi connectivity index (χ0v) is 16.1. The highest BCUT2D eigenvalue weighted by molar-refractivity contribution is 6.31. The third kappa shape index (κ3) is 5.56. The van der Waals surface area contributed by atoms with Crippen molar-refractivity contribution < 1.29 is 14.6 Å². The van der Waals surface area contributed by atoms with Gasteiger partial charge in [0.25, 0.3) is 5.91 Å². The highest BCUT2D eigenvalue weighted by atomic mass is 35.5. The van der Waals surface area contributed by atoms with Crippen molar-refractivity contribution in [1.29, 1.82) is 0 Å². The summed E-state index contributed by atoms with van der Waals surface area (Å²) in [4.78, 5) is 15.2. The summed E-state index contributed by atoms with van der Waals surface area (Å²) in [6, 6.07) is 16.4. The van der Waals surface area contributed by atoms with E-state index in [9.17, 15) is 4.79 Å². The van der Waals surface area contributed by atoms with Crippen molar-refractivity contribution in [2.45, 2.75) is 20.0 Å². The molecule has 0 unspecified atom stereocenters. The van der Waals surface area contributed by atoms with Crippen molar-refractivity contribution in [2.24, 2.45) is 0 Å². The zero-order chi connectivity index (χ0) is 18.4. The van der Waals surface area contributed by atoms with Crippen LogP contribution in [-0.2, 0) is 17.9 Å². The van der Waals surface area contributed by atoms with Crippen LogP contribution >= 0.6 is 11.6 Å². The van der Waals surface area contributed by atoms with Gasteiger partial charge in [0.1, 0.15) is 32.7 Å². The molecule has 1 aliphatic heterocycles. The van der Waals surface area contributed by atoms with E-state index in [-0.39, 0.29) is 5.91 Å². The monoisotopic (exact) mass is 373 g/mol. The topological polar surface area (TPSA) is 38.0 Å². The third-order valence-electron chi connectivity index (χ3n) is 5.05. The SMILES string of the molecule is Cc1cccc(C[NH+]2CC[NH+](CC(=O)NCc3ccccc3Cl)CC2)c1. The van der Waals surface area contributed by atoms with Gasteiger partial charge in [0.05, 0.1) is 0 Å². The number of quaternary nitrogens is 2. The third-order valence-corrected chi connectivity index (χ3v) is 5.41. The van der Waals surface area contributed by atoms with Crippen LogP contribution in [0.5, 0.6) is 0 Å². The Bertz CT molecular complexity index is 742. The minimum absolute atomic E-state index is 0.0991. The smallest absolute Gasteiger partial charge is 0.275 e. The van der Waals surface area contributed by atoms with Gasteiger partial charge in [-0.2, -0.15) is 0 Å². The van der Waals surface area contributed by atoms with Gasteiger partial charge < -0.3 is 15.1 Å². The molecule has 1 fully saturated rings. The molecule has 0 aromatic heterocycles. The Labute approximate surface area is 160 Å². The van der Waals surface area contributed by atoms with E-state index in [0.717, 1.165) is 38.3 Å². The molecule has 1 amide bonds. The van der Waals surface area contributed by atoms with Gasteiger partial charge in [0.15, 0.2) is 6.54 Å². The predicted octanol–water partition coefficient (Wildman–Crippen LogP) is 0.248. The maximum atomic E-state index is 12.2. The molecule has 0 atom stereocenters. The van der Waals surface area contributed by atoms with Gasteiger partial charge in [0, 0.05) is 17.1 Å². The molecule has 1 aliphatic rings. The van der Waals surface area contributed by atoms with E-state index in [1.165, 1.54) is 16.0 Å². The number of amides is 1. The van der Waals surface area contributed by atoms with Gasteiger partial charge in [-0.05, 0) is 18.6 Å². The molecule has 0 aliphatic carbocycles. The van der Waals surface area contributed by atoms with Crippen molar-refractivity contribution >= 4 is 17.5 Å². The lowest BCUT2D eigenvalue weighted by Gasteiger charge is -2.29. The van der Waals surface area contributed by atoms with Crippen LogP contribution in [0.15, 0.2) is 48.5 Å². The summed E-state index contributed by atoms with van der Waals surface area (Å²) in [6.07, 6.45) is 0. The second-order valence-corrected chi connectivity index (χ2v) is 7.62. The van der Waals surface area contributed by atoms with Crippen LogP contribution in [0.2, 0.25) is 5.02 Å². The number of piperazine rings is 1. The molecule has 2 aromatic carbocycles. The quantitative estimate of drug-likeness (QED) is 0.667. The minimum Gasteiger partial charge on any atom is -0.347 e. The normalized spacial score (nSPS) is 19.9. The summed E-state index contributed by atoms with van der Waals surface area (Å²) in [5.41, 5.74) is 3.69. The second-order valence-electron chi connectivity index (χ2n) is 7.21. The molecule has 4 nitrogen and oxygen atoms in total. The molecule has 0 saturated carbocycles. The average Bonchev–Trinajstić information content (AvgIpc) is 2.63. The number of hydrogen-bond donors (Lipinski definition) is 3. The minimum atomic E-state index is 0.0991. The van der Waals surface area contributed by atoms with E-state index >= 15 is 0 Å². The number of carbonyl (C=O) groups excluding carboxylic acids is 1. The van der Waals surface area contributed by atoms with E-state index in [0.29, 0.717) is 18.1 Å². The number of benzene rings is 2. The van der Waals surface area contributed by atoms with E-state index in [1.54, 1.807) is 4.90 Å². The van der Waals surface area contributed by atoms with Crippen molar-refractivity contribution in [3.05, 3.63) is 70.2 Å². The molecular weight excluding hydrogens is 346 g/mol. The molecule has 5 heteroatoms. The second kappa shape index (κ2) is 9.17. The molecule has 0 spiro atoms. The molecule has 0 bridgehead atoms. The molecule has 1 heterocycles. The maximum absolute atomic E-state index is 12.2. The first-order valence-electron chi connectivity index (χ1n) is 9.33. The maximum Gasteiger partial charge on any atom is 0.275 e. The number of hydrogen-bond acceptors (Lipinski definition) is 1. The Kier molecular flexibility index (Phi) is 6.67. The van der Waals surface area contributed by atoms with Crippen LogP contribution < -0.4 is 15.1 Å². The first kappa shape index (κ1) is 18.9. The van der Waals surface area contributed by atoms with Gasteiger partial charge in [-0.15, -0.1) is 0 Å². The highest BCUT2D eigenvalue weighted by Gasteiger charge is 2.24. The number of carbonyl (C=O) groups is 1. The van der Waals surface area contributed by atoms with Crippen LogP contribution in [0.1, 0.15) is 16.7 Å². The number of nitrogens with one attached hydrogen (secondary N) is 3. The van der Waals surface area contributed by atoms with Crippen LogP contribution in [-0.4, -0.2) is 38.6 Å². The molecule has 138 valence electrons. The number of rotatable bonds is 6. The van der Waals surface area contributed by atoms with Crippen LogP contribution in [0.4, 0.5) is 0 Å². The van der Waals surface area contributed by atoms with Gasteiger partial charge in [-0.1, -0.05) is 59.6 Å². The molecule has 1 saturated heterocycles. The van der Waals surface area contributed by atoms with Gasteiger partial charge in [0.2, 0.25) is 0 Å². The molecule has 3 N–H and O–H groups in total. The summed E-state index contributed by atoms with van der Waals surface area (Å²) in [5.74, 6) is 0.0991. The molecule has 2 aromatic rings. The Morgan fingerprint density at radius 1 is 1.04 bits per heavy atom. The fraction of sp³-hybridized carbons (Fsp3) is 0.381. The van der Waals surface area contributed by atoms with Crippen LogP contribution in [0.3, 0.4) is 0 Å². The number of aryl methyl sites for hydroxylation is 1. The molecular formula is C21H28ClN3O+2. The summed E-state index contributed by atoms with van der Waals surface area (Å²) < 4.78 is 0. The predicted molar refractivity (Wildman–Crippen MR) is 104 cm³/mol. The summed E-state index contributed by atoms with van der Waals surface area (Å²) >= 11 is 6.13. The lowest BCUT2D eigenvalue weighted by Crippen LogP contribution is -3.28. The fourth-order valence-corrected chi connectivity index (χ4v) is 3.75. The van der Waals surface area contributed by atoms with Gasteiger partial charge in [-0.25, -0.2) is 0 Å². The first-order chi connectivity index (χ1) is 12.6. The summed E-state index contributed by atoms with van der Waals surface area (Å²) in [5, 5.41) is 3.70. The zero-order valence-electron chi connectivity index (χ0n) is 15.4. The van der Waals surface area contributed by atoms with Crippen molar-refractivity contribution in [3.8, 4) is 0 Å². The highest BCUT2D eigenvalue weighted by Crippen LogP contribution is 2.14. The van der Waals surface area contributed by atoms with E-state index < -0.39 is 0 Å². The van der Waals surface area contributed by atoms with Crippen molar-refractivity contribution in [1.82, 2.24) is 5.32 Å². The summed E-state index contributed by atoms with van der Waals surface area (Å²) in [7, 11) is 0. The molecule has 3 rings (SSSR count). The van der Waals surface area contributed by atoms with E-state index in [4.69, 9.17) is 11.6 Å².